The fraction of sp³-hybridized carbons (Fsp3) is 0.0526. The summed E-state index contributed by atoms with van der Waals surface area (Å²) in [6, 6.07) is 14.2. The van der Waals surface area contributed by atoms with Crippen LogP contribution >= 0.6 is 0 Å². The van der Waals surface area contributed by atoms with E-state index >= 15 is 0 Å². The molecule has 0 saturated carbocycles. The number of benzene rings is 2. The Bertz CT molecular complexity index is 1130. The van der Waals surface area contributed by atoms with E-state index in [2.05, 4.69) is 20.5 Å². The lowest BCUT2D eigenvalue weighted by Gasteiger charge is -2.06. The molecule has 4 rings (SSSR count). The van der Waals surface area contributed by atoms with Crippen molar-refractivity contribution < 1.29 is 9.59 Å². The minimum Gasteiger partial charge on any atom is -0.331 e. The van der Waals surface area contributed by atoms with E-state index in [1.165, 1.54) is 0 Å². The largest absolute Gasteiger partial charge is 0.331 e. The summed E-state index contributed by atoms with van der Waals surface area (Å²) in [7, 11) is 1.76. The topological polar surface area (TPSA) is 92.7 Å². The van der Waals surface area contributed by atoms with Crippen molar-refractivity contribution in [3.05, 3.63) is 78.0 Å². The number of ketones is 1. The molecule has 1 amide bonds. The van der Waals surface area contributed by atoms with E-state index in [1.54, 1.807) is 48.3 Å². The summed E-state index contributed by atoms with van der Waals surface area (Å²) in [5.74, 6) is -0.213. The molecule has 7 nitrogen and oxygen atoms in total. The predicted octanol–water partition coefficient (Wildman–Crippen LogP) is 2.78. The highest BCUT2D eigenvalue weighted by Gasteiger charge is 2.16. The van der Waals surface area contributed by atoms with Crippen LogP contribution in [0.3, 0.4) is 0 Å². The van der Waals surface area contributed by atoms with Crippen molar-refractivity contribution in [2.75, 3.05) is 5.32 Å². The molecule has 0 atom stereocenters. The Morgan fingerprint density at radius 2 is 1.96 bits per heavy atom. The van der Waals surface area contributed by atoms with E-state index in [0.717, 1.165) is 10.9 Å². The third-order valence-electron chi connectivity index (χ3n) is 4.09. The predicted molar refractivity (Wildman–Crippen MR) is 97.1 cm³/mol. The highest BCUT2D eigenvalue weighted by atomic mass is 16.2. The molecule has 26 heavy (non-hydrogen) atoms. The Labute approximate surface area is 148 Å². The number of fused-ring (bicyclic) bond motifs is 1. The second kappa shape index (κ2) is 6.29. The summed E-state index contributed by atoms with van der Waals surface area (Å²) < 4.78 is 1.66. The van der Waals surface area contributed by atoms with E-state index in [0.29, 0.717) is 22.8 Å². The average Bonchev–Trinajstić information content (AvgIpc) is 3.27. The molecule has 2 heterocycles. The van der Waals surface area contributed by atoms with Crippen LogP contribution in [-0.4, -0.2) is 31.4 Å². The third kappa shape index (κ3) is 2.75. The quantitative estimate of drug-likeness (QED) is 0.556. The van der Waals surface area contributed by atoms with Gasteiger partial charge >= 0.3 is 0 Å². The van der Waals surface area contributed by atoms with Gasteiger partial charge in [0, 0.05) is 36.1 Å². The first kappa shape index (κ1) is 15.8. The molecule has 2 aromatic heterocycles. The normalized spacial score (nSPS) is 10.8. The maximum absolute atomic E-state index is 12.6. The number of imidazole rings is 1. The number of para-hydroxylation sites is 1. The van der Waals surface area contributed by atoms with Gasteiger partial charge in [0.2, 0.25) is 5.78 Å². The second-order valence-electron chi connectivity index (χ2n) is 5.84. The average molecular weight is 345 g/mol. The molecule has 0 aliphatic rings. The van der Waals surface area contributed by atoms with Crippen LogP contribution in [0, 0.1) is 0 Å². The number of rotatable bonds is 4. The number of nitrogens with one attached hydrogen (secondary N) is 2. The smallest absolute Gasteiger partial charge is 0.276 e. The highest BCUT2D eigenvalue weighted by Crippen LogP contribution is 2.18. The van der Waals surface area contributed by atoms with Crippen molar-refractivity contribution in [2.45, 2.75) is 0 Å². The molecule has 0 aliphatic carbocycles. The summed E-state index contributed by atoms with van der Waals surface area (Å²) in [6.07, 6.45) is 3.28. The molecule has 128 valence electrons. The molecule has 4 aromatic rings. The molecular formula is C19H15N5O2. The SMILES string of the molecule is Cn1ccnc1C(=O)c1cccc(NC(=O)c2n[nH]c3ccccc23)c1. The maximum Gasteiger partial charge on any atom is 0.276 e. The summed E-state index contributed by atoms with van der Waals surface area (Å²) in [6.45, 7) is 0. The molecule has 0 spiro atoms. The van der Waals surface area contributed by atoms with Crippen molar-refractivity contribution in [1.82, 2.24) is 19.7 Å². The van der Waals surface area contributed by atoms with Gasteiger partial charge < -0.3 is 9.88 Å². The van der Waals surface area contributed by atoms with E-state index in [1.807, 2.05) is 24.3 Å². The van der Waals surface area contributed by atoms with Crippen LogP contribution in [0.5, 0.6) is 0 Å². The van der Waals surface area contributed by atoms with Gasteiger partial charge in [-0.1, -0.05) is 30.3 Å². The van der Waals surface area contributed by atoms with Crippen LogP contribution < -0.4 is 5.32 Å². The van der Waals surface area contributed by atoms with Crippen LogP contribution in [0.1, 0.15) is 26.7 Å². The first-order valence-corrected chi connectivity index (χ1v) is 8.00. The second-order valence-corrected chi connectivity index (χ2v) is 5.84. The molecule has 2 aromatic carbocycles. The number of hydrogen-bond donors (Lipinski definition) is 2. The first-order valence-electron chi connectivity index (χ1n) is 8.00. The number of H-pyrrole nitrogens is 1. The molecule has 0 radical (unpaired) electrons. The van der Waals surface area contributed by atoms with Crippen LogP contribution in [0.4, 0.5) is 5.69 Å². The van der Waals surface area contributed by atoms with E-state index < -0.39 is 0 Å². The first-order chi connectivity index (χ1) is 12.6. The zero-order valence-electron chi connectivity index (χ0n) is 13.9. The van der Waals surface area contributed by atoms with E-state index in [4.69, 9.17) is 0 Å². The lowest BCUT2D eigenvalue weighted by molar-refractivity contribution is 0.101. The Morgan fingerprint density at radius 3 is 2.77 bits per heavy atom. The summed E-state index contributed by atoms with van der Waals surface area (Å²) in [5, 5.41) is 10.4. The van der Waals surface area contributed by atoms with Crippen molar-refractivity contribution in [1.29, 1.82) is 0 Å². The standard InChI is InChI=1S/C19H15N5O2/c1-24-10-9-20-18(24)17(25)12-5-4-6-13(11-12)21-19(26)16-14-7-2-3-8-15(14)22-23-16/h2-11H,1H3,(H,21,26)(H,22,23). The van der Waals surface area contributed by atoms with E-state index in [-0.39, 0.29) is 11.7 Å². The van der Waals surface area contributed by atoms with Crippen LogP contribution in [0.2, 0.25) is 0 Å². The number of aromatic amines is 1. The molecule has 0 unspecified atom stereocenters. The zero-order chi connectivity index (χ0) is 18.1. The molecule has 0 aliphatic heterocycles. The number of carbonyl (C=O) groups excluding carboxylic acids is 2. The Kier molecular flexibility index (Phi) is 3.81. The van der Waals surface area contributed by atoms with Gasteiger partial charge in [-0.3, -0.25) is 14.7 Å². The van der Waals surface area contributed by atoms with Crippen molar-refractivity contribution in [3.8, 4) is 0 Å². The van der Waals surface area contributed by atoms with Crippen molar-refractivity contribution in [2.24, 2.45) is 7.05 Å². The van der Waals surface area contributed by atoms with Crippen LogP contribution in [0.15, 0.2) is 60.9 Å². The monoisotopic (exact) mass is 345 g/mol. The van der Waals surface area contributed by atoms with Gasteiger partial charge in [-0.15, -0.1) is 0 Å². The minimum atomic E-state index is -0.343. The molecule has 7 heteroatoms. The van der Waals surface area contributed by atoms with Gasteiger partial charge in [0.05, 0.1) is 5.52 Å². The molecular weight excluding hydrogens is 330 g/mol. The third-order valence-corrected chi connectivity index (χ3v) is 4.09. The van der Waals surface area contributed by atoms with Gasteiger partial charge in [0.25, 0.3) is 5.91 Å². The lowest BCUT2D eigenvalue weighted by atomic mass is 10.1. The van der Waals surface area contributed by atoms with Crippen LogP contribution in [-0.2, 0) is 7.05 Å². The van der Waals surface area contributed by atoms with Crippen LogP contribution in [0.25, 0.3) is 10.9 Å². The summed E-state index contributed by atoms with van der Waals surface area (Å²) >= 11 is 0. The maximum atomic E-state index is 12.6. The minimum absolute atomic E-state index is 0.209. The number of aryl methyl sites for hydroxylation is 1. The van der Waals surface area contributed by atoms with Gasteiger partial charge in [-0.25, -0.2) is 4.98 Å². The van der Waals surface area contributed by atoms with Gasteiger partial charge in [-0.05, 0) is 18.2 Å². The fourth-order valence-electron chi connectivity index (χ4n) is 2.78. The fourth-order valence-corrected chi connectivity index (χ4v) is 2.78. The number of nitrogens with zero attached hydrogens (tertiary/aromatic N) is 3. The van der Waals surface area contributed by atoms with Gasteiger partial charge in [0.15, 0.2) is 11.5 Å². The van der Waals surface area contributed by atoms with Gasteiger partial charge in [0.1, 0.15) is 0 Å². The Hall–Kier alpha value is -3.74. The number of hydrogen-bond acceptors (Lipinski definition) is 4. The van der Waals surface area contributed by atoms with Crippen molar-refractivity contribution in [3.63, 3.8) is 0 Å². The number of carbonyl (C=O) groups is 2. The van der Waals surface area contributed by atoms with Gasteiger partial charge in [-0.2, -0.15) is 5.10 Å². The molecule has 0 bridgehead atoms. The number of amides is 1. The summed E-state index contributed by atoms with van der Waals surface area (Å²) in [4.78, 5) is 29.2. The molecule has 2 N–H and O–H groups in total. The Balaban J connectivity index is 1.60. The summed E-state index contributed by atoms with van der Waals surface area (Å²) in [5.41, 5.74) is 2.06. The van der Waals surface area contributed by atoms with E-state index in [9.17, 15) is 9.59 Å². The van der Waals surface area contributed by atoms with Crippen molar-refractivity contribution >= 4 is 28.3 Å². The lowest BCUT2D eigenvalue weighted by Crippen LogP contribution is -2.14. The zero-order valence-corrected chi connectivity index (χ0v) is 13.9. The molecule has 0 fully saturated rings. The number of aromatic nitrogens is 4. The molecule has 0 saturated heterocycles. The number of anilines is 1. The highest BCUT2D eigenvalue weighted by molar-refractivity contribution is 6.12. The Morgan fingerprint density at radius 1 is 1.12 bits per heavy atom.